The van der Waals surface area contributed by atoms with Gasteiger partial charge in [-0.05, 0) is 17.7 Å². The van der Waals surface area contributed by atoms with E-state index in [1.54, 1.807) is 18.2 Å². The van der Waals surface area contributed by atoms with Crippen LogP contribution in [0.3, 0.4) is 0 Å². The monoisotopic (exact) mass is 198 g/mol. The van der Waals surface area contributed by atoms with Gasteiger partial charge in [0, 0.05) is 24.2 Å². The summed E-state index contributed by atoms with van der Waals surface area (Å²) in [5.74, 6) is -0.128. The van der Waals surface area contributed by atoms with Gasteiger partial charge in [0.25, 0.3) is 0 Å². The van der Waals surface area contributed by atoms with E-state index in [0.717, 1.165) is 5.56 Å². The second kappa shape index (κ2) is 4.25. The van der Waals surface area contributed by atoms with Gasteiger partial charge in [0.1, 0.15) is 0 Å². The Morgan fingerprint density at radius 3 is 2.85 bits per heavy atom. The second-order valence-electron chi connectivity index (χ2n) is 2.69. The SMILES string of the molecule is CC(=O)Nc1cc(Cl)ccc1CN. The van der Waals surface area contributed by atoms with Crippen LogP contribution in [0.25, 0.3) is 0 Å². The molecular formula is C9H11ClN2O. The Bertz CT molecular complexity index is 325. The fourth-order valence-electron chi connectivity index (χ4n) is 1.03. The molecule has 0 aliphatic heterocycles. The molecule has 0 aliphatic carbocycles. The Hall–Kier alpha value is -1.06. The predicted octanol–water partition coefficient (Wildman–Crippen LogP) is 1.76. The maximum Gasteiger partial charge on any atom is 0.221 e. The lowest BCUT2D eigenvalue weighted by Gasteiger charge is -2.07. The van der Waals surface area contributed by atoms with Gasteiger partial charge in [-0.2, -0.15) is 0 Å². The van der Waals surface area contributed by atoms with Gasteiger partial charge in [-0.3, -0.25) is 4.79 Å². The number of carbonyl (C=O) groups is 1. The average molecular weight is 199 g/mol. The molecule has 0 heterocycles. The van der Waals surface area contributed by atoms with Gasteiger partial charge in [0.15, 0.2) is 0 Å². The fraction of sp³-hybridized carbons (Fsp3) is 0.222. The van der Waals surface area contributed by atoms with E-state index in [0.29, 0.717) is 17.3 Å². The van der Waals surface area contributed by atoms with Gasteiger partial charge >= 0.3 is 0 Å². The van der Waals surface area contributed by atoms with Crippen molar-refractivity contribution in [2.75, 3.05) is 5.32 Å². The molecule has 0 aromatic heterocycles. The van der Waals surface area contributed by atoms with Crippen LogP contribution in [0.15, 0.2) is 18.2 Å². The molecule has 13 heavy (non-hydrogen) atoms. The molecule has 0 radical (unpaired) electrons. The van der Waals surface area contributed by atoms with Crippen molar-refractivity contribution in [1.29, 1.82) is 0 Å². The molecule has 0 atom stereocenters. The molecule has 3 N–H and O–H groups in total. The number of nitrogens with one attached hydrogen (secondary N) is 1. The minimum atomic E-state index is -0.128. The highest BCUT2D eigenvalue weighted by Gasteiger charge is 2.02. The van der Waals surface area contributed by atoms with Crippen LogP contribution in [-0.4, -0.2) is 5.91 Å². The number of rotatable bonds is 2. The predicted molar refractivity (Wildman–Crippen MR) is 53.6 cm³/mol. The number of amides is 1. The third kappa shape index (κ3) is 2.72. The number of anilines is 1. The lowest BCUT2D eigenvalue weighted by molar-refractivity contribution is -0.114. The lowest BCUT2D eigenvalue weighted by atomic mass is 10.2. The number of benzene rings is 1. The second-order valence-corrected chi connectivity index (χ2v) is 3.12. The van der Waals surface area contributed by atoms with Crippen molar-refractivity contribution in [3.8, 4) is 0 Å². The molecule has 0 unspecified atom stereocenters. The van der Waals surface area contributed by atoms with Crippen molar-refractivity contribution >= 4 is 23.2 Å². The highest BCUT2D eigenvalue weighted by atomic mass is 35.5. The maximum atomic E-state index is 10.8. The first-order valence-electron chi connectivity index (χ1n) is 3.89. The van der Waals surface area contributed by atoms with E-state index >= 15 is 0 Å². The summed E-state index contributed by atoms with van der Waals surface area (Å²) in [6.45, 7) is 1.83. The molecule has 1 aromatic rings. The molecule has 0 aliphatic rings. The quantitative estimate of drug-likeness (QED) is 0.761. The summed E-state index contributed by atoms with van der Waals surface area (Å²) in [5.41, 5.74) is 7.04. The smallest absolute Gasteiger partial charge is 0.221 e. The summed E-state index contributed by atoms with van der Waals surface area (Å²) in [6, 6.07) is 5.23. The highest BCUT2D eigenvalue weighted by Crippen LogP contribution is 2.20. The lowest BCUT2D eigenvalue weighted by Crippen LogP contribution is -2.09. The Balaban J connectivity index is 3.01. The van der Waals surface area contributed by atoms with Crippen molar-refractivity contribution < 1.29 is 4.79 Å². The van der Waals surface area contributed by atoms with E-state index in [9.17, 15) is 4.79 Å². The minimum absolute atomic E-state index is 0.128. The fourth-order valence-corrected chi connectivity index (χ4v) is 1.20. The Morgan fingerprint density at radius 2 is 2.31 bits per heavy atom. The third-order valence-electron chi connectivity index (χ3n) is 1.60. The zero-order chi connectivity index (χ0) is 9.84. The molecule has 1 amide bonds. The van der Waals surface area contributed by atoms with Crippen molar-refractivity contribution in [1.82, 2.24) is 0 Å². The number of carbonyl (C=O) groups excluding carboxylic acids is 1. The van der Waals surface area contributed by atoms with Crippen LogP contribution in [0.5, 0.6) is 0 Å². The Morgan fingerprint density at radius 1 is 1.62 bits per heavy atom. The van der Waals surface area contributed by atoms with E-state index in [-0.39, 0.29) is 5.91 Å². The van der Waals surface area contributed by atoms with Crippen molar-refractivity contribution in [3.05, 3.63) is 28.8 Å². The molecular weight excluding hydrogens is 188 g/mol. The largest absolute Gasteiger partial charge is 0.326 e. The summed E-state index contributed by atoms with van der Waals surface area (Å²) in [7, 11) is 0. The summed E-state index contributed by atoms with van der Waals surface area (Å²) >= 11 is 5.77. The summed E-state index contributed by atoms with van der Waals surface area (Å²) in [4.78, 5) is 10.8. The molecule has 0 saturated heterocycles. The average Bonchev–Trinajstić information content (AvgIpc) is 2.03. The number of hydrogen-bond acceptors (Lipinski definition) is 2. The van der Waals surface area contributed by atoms with E-state index in [4.69, 9.17) is 17.3 Å². The molecule has 0 saturated carbocycles. The summed E-state index contributed by atoms with van der Waals surface area (Å²) in [5, 5.41) is 3.25. The van der Waals surface area contributed by atoms with Crippen LogP contribution in [0.1, 0.15) is 12.5 Å². The van der Waals surface area contributed by atoms with E-state index < -0.39 is 0 Å². The molecule has 70 valence electrons. The molecule has 1 rings (SSSR count). The zero-order valence-electron chi connectivity index (χ0n) is 7.30. The molecule has 4 heteroatoms. The summed E-state index contributed by atoms with van der Waals surface area (Å²) in [6.07, 6.45) is 0. The molecule has 0 fully saturated rings. The third-order valence-corrected chi connectivity index (χ3v) is 1.84. The van der Waals surface area contributed by atoms with E-state index in [1.165, 1.54) is 6.92 Å². The van der Waals surface area contributed by atoms with Gasteiger partial charge in [-0.25, -0.2) is 0 Å². The van der Waals surface area contributed by atoms with E-state index in [2.05, 4.69) is 5.32 Å². The topological polar surface area (TPSA) is 55.1 Å². The van der Waals surface area contributed by atoms with Crippen molar-refractivity contribution in [2.45, 2.75) is 13.5 Å². The molecule has 3 nitrogen and oxygen atoms in total. The van der Waals surface area contributed by atoms with Crippen LogP contribution < -0.4 is 11.1 Å². The first-order chi connectivity index (χ1) is 6.13. The standard InChI is InChI=1S/C9H11ClN2O/c1-6(13)12-9-4-8(10)3-2-7(9)5-11/h2-4H,5,11H2,1H3,(H,12,13). The molecule has 0 spiro atoms. The van der Waals surface area contributed by atoms with Crippen molar-refractivity contribution in [3.63, 3.8) is 0 Å². The van der Waals surface area contributed by atoms with Gasteiger partial charge in [-0.1, -0.05) is 17.7 Å². The Labute approximate surface area is 81.9 Å². The zero-order valence-corrected chi connectivity index (χ0v) is 8.06. The summed E-state index contributed by atoms with van der Waals surface area (Å²) < 4.78 is 0. The Kier molecular flexibility index (Phi) is 3.28. The van der Waals surface area contributed by atoms with E-state index in [1.807, 2.05) is 0 Å². The van der Waals surface area contributed by atoms with Crippen LogP contribution in [0.4, 0.5) is 5.69 Å². The van der Waals surface area contributed by atoms with Gasteiger partial charge in [0.2, 0.25) is 5.91 Å². The first-order valence-corrected chi connectivity index (χ1v) is 4.27. The normalized spacial score (nSPS) is 9.77. The number of halogens is 1. The van der Waals surface area contributed by atoms with Gasteiger partial charge < -0.3 is 11.1 Å². The molecule has 0 bridgehead atoms. The van der Waals surface area contributed by atoms with Crippen LogP contribution in [0, 0.1) is 0 Å². The van der Waals surface area contributed by atoms with Crippen LogP contribution in [-0.2, 0) is 11.3 Å². The van der Waals surface area contributed by atoms with Gasteiger partial charge in [-0.15, -0.1) is 0 Å². The molecule has 1 aromatic carbocycles. The maximum absolute atomic E-state index is 10.8. The number of hydrogen-bond donors (Lipinski definition) is 2. The highest BCUT2D eigenvalue weighted by molar-refractivity contribution is 6.31. The first kappa shape index (κ1) is 10.0. The van der Waals surface area contributed by atoms with Crippen molar-refractivity contribution in [2.24, 2.45) is 5.73 Å². The number of nitrogens with two attached hydrogens (primary N) is 1. The minimum Gasteiger partial charge on any atom is -0.326 e. The van der Waals surface area contributed by atoms with Crippen LogP contribution >= 0.6 is 11.6 Å². The van der Waals surface area contributed by atoms with Crippen LogP contribution in [0.2, 0.25) is 5.02 Å². The van der Waals surface area contributed by atoms with Gasteiger partial charge in [0.05, 0.1) is 0 Å².